The van der Waals surface area contributed by atoms with Crippen LogP contribution in [0.1, 0.15) is 37.7 Å². The van der Waals surface area contributed by atoms with E-state index in [1.165, 1.54) is 12.8 Å². The first-order chi connectivity index (χ1) is 10.1. The maximum absolute atomic E-state index is 12.0. The lowest BCUT2D eigenvalue weighted by Crippen LogP contribution is -2.42. The molecule has 1 aromatic carbocycles. The van der Waals surface area contributed by atoms with Gasteiger partial charge in [-0.15, -0.1) is 0 Å². The van der Waals surface area contributed by atoms with Crippen molar-refractivity contribution in [3.63, 3.8) is 0 Å². The van der Waals surface area contributed by atoms with Crippen molar-refractivity contribution in [3.8, 4) is 0 Å². The van der Waals surface area contributed by atoms with Gasteiger partial charge in [0, 0.05) is 17.9 Å². The Labute approximate surface area is 129 Å². The van der Waals surface area contributed by atoms with Crippen LogP contribution in [-0.2, 0) is 16.0 Å². The number of carbonyl (C=O) groups excluding carboxylic acids is 1. The average molecular weight is 310 g/mol. The summed E-state index contributed by atoms with van der Waals surface area (Å²) in [6.07, 6.45) is 5.09. The third-order valence-electron chi connectivity index (χ3n) is 3.96. The summed E-state index contributed by atoms with van der Waals surface area (Å²) >= 11 is 6.04. The first-order valence-electron chi connectivity index (χ1n) is 7.32. The summed E-state index contributed by atoms with van der Waals surface area (Å²) in [4.78, 5) is 23.3. The molecule has 2 rings (SSSR count). The van der Waals surface area contributed by atoms with Gasteiger partial charge in [0.1, 0.15) is 6.04 Å². The third-order valence-corrected chi connectivity index (χ3v) is 4.33. The number of carboxylic acids is 1. The van der Waals surface area contributed by atoms with Crippen LogP contribution in [0, 0.1) is 5.92 Å². The lowest BCUT2D eigenvalue weighted by atomic mass is 10.0. The van der Waals surface area contributed by atoms with Gasteiger partial charge in [-0.25, -0.2) is 4.79 Å². The second-order valence-corrected chi connectivity index (χ2v) is 6.02. The van der Waals surface area contributed by atoms with E-state index >= 15 is 0 Å². The van der Waals surface area contributed by atoms with Gasteiger partial charge in [-0.3, -0.25) is 4.79 Å². The van der Waals surface area contributed by atoms with Crippen LogP contribution in [0.15, 0.2) is 24.3 Å². The molecular weight excluding hydrogens is 290 g/mol. The summed E-state index contributed by atoms with van der Waals surface area (Å²) < 4.78 is 0. The molecule has 0 aromatic heterocycles. The van der Waals surface area contributed by atoms with E-state index in [0.29, 0.717) is 17.4 Å². The van der Waals surface area contributed by atoms with E-state index in [4.69, 9.17) is 11.6 Å². The van der Waals surface area contributed by atoms with Gasteiger partial charge in [-0.1, -0.05) is 42.6 Å². The van der Waals surface area contributed by atoms with E-state index in [2.05, 4.69) is 5.32 Å². The maximum Gasteiger partial charge on any atom is 0.326 e. The number of carbonyl (C=O) groups is 2. The zero-order valence-electron chi connectivity index (χ0n) is 11.8. The van der Waals surface area contributed by atoms with Crippen molar-refractivity contribution in [2.75, 3.05) is 0 Å². The Morgan fingerprint density at radius 3 is 2.57 bits per heavy atom. The molecule has 21 heavy (non-hydrogen) atoms. The number of carboxylic acid groups (broad SMARTS) is 1. The highest BCUT2D eigenvalue weighted by Gasteiger charge is 2.24. The van der Waals surface area contributed by atoms with Gasteiger partial charge < -0.3 is 10.4 Å². The van der Waals surface area contributed by atoms with Gasteiger partial charge in [0.25, 0.3) is 0 Å². The van der Waals surface area contributed by atoms with Crippen molar-refractivity contribution in [3.05, 3.63) is 34.9 Å². The Bertz CT molecular complexity index is 512. The smallest absolute Gasteiger partial charge is 0.326 e. The number of hydrogen-bond acceptors (Lipinski definition) is 2. The number of rotatable bonds is 6. The van der Waals surface area contributed by atoms with Crippen LogP contribution in [0.25, 0.3) is 0 Å². The molecule has 5 heteroatoms. The van der Waals surface area contributed by atoms with E-state index in [1.54, 1.807) is 24.3 Å². The summed E-state index contributed by atoms with van der Waals surface area (Å²) in [5.74, 6) is -0.809. The average Bonchev–Trinajstić information content (AvgIpc) is 2.93. The number of nitrogens with one attached hydrogen (secondary N) is 1. The van der Waals surface area contributed by atoms with Gasteiger partial charge in [0.15, 0.2) is 0 Å². The van der Waals surface area contributed by atoms with Crippen LogP contribution < -0.4 is 5.32 Å². The zero-order valence-corrected chi connectivity index (χ0v) is 12.6. The normalized spacial score (nSPS) is 16.6. The van der Waals surface area contributed by atoms with Crippen molar-refractivity contribution in [1.29, 1.82) is 0 Å². The molecule has 1 saturated carbocycles. The van der Waals surface area contributed by atoms with E-state index in [1.807, 2.05) is 0 Å². The molecule has 114 valence electrons. The van der Waals surface area contributed by atoms with Crippen molar-refractivity contribution >= 4 is 23.5 Å². The number of benzene rings is 1. The highest BCUT2D eigenvalue weighted by Crippen LogP contribution is 2.27. The Morgan fingerprint density at radius 2 is 1.95 bits per heavy atom. The number of hydrogen-bond donors (Lipinski definition) is 2. The maximum atomic E-state index is 12.0. The molecule has 0 aliphatic heterocycles. The Kier molecular flexibility index (Phi) is 5.62. The predicted octanol–water partition coefficient (Wildman–Crippen LogP) is 3.03. The zero-order chi connectivity index (χ0) is 15.2. The highest BCUT2D eigenvalue weighted by molar-refractivity contribution is 6.31. The van der Waals surface area contributed by atoms with Crippen LogP contribution in [-0.4, -0.2) is 23.0 Å². The molecule has 0 bridgehead atoms. The monoisotopic (exact) mass is 309 g/mol. The van der Waals surface area contributed by atoms with Crippen LogP contribution in [0.4, 0.5) is 0 Å². The van der Waals surface area contributed by atoms with Gasteiger partial charge in [-0.2, -0.15) is 0 Å². The molecule has 1 fully saturated rings. The molecule has 1 atom stereocenters. The Morgan fingerprint density at radius 1 is 1.29 bits per heavy atom. The summed E-state index contributed by atoms with van der Waals surface area (Å²) in [5.41, 5.74) is 0.729. The number of amides is 1. The minimum atomic E-state index is -1.03. The van der Waals surface area contributed by atoms with Crippen molar-refractivity contribution < 1.29 is 14.7 Å². The summed E-state index contributed by atoms with van der Waals surface area (Å²) in [5, 5.41) is 12.4. The minimum absolute atomic E-state index is 0.179. The largest absolute Gasteiger partial charge is 0.480 e. The predicted molar refractivity (Wildman–Crippen MR) is 81.3 cm³/mol. The lowest BCUT2D eigenvalue weighted by Gasteiger charge is -2.17. The van der Waals surface area contributed by atoms with Crippen LogP contribution >= 0.6 is 11.6 Å². The van der Waals surface area contributed by atoms with E-state index in [9.17, 15) is 14.7 Å². The molecule has 0 heterocycles. The molecule has 0 unspecified atom stereocenters. The molecule has 1 aliphatic carbocycles. The fourth-order valence-corrected chi connectivity index (χ4v) is 3.03. The summed E-state index contributed by atoms with van der Waals surface area (Å²) in [7, 11) is 0. The molecule has 0 spiro atoms. The van der Waals surface area contributed by atoms with Gasteiger partial charge in [-0.05, 0) is 30.4 Å². The van der Waals surface area contributed by atoms with Crippen molar-refractivity contribution in [2.45, 2.75) is 44.6 Å². The second kappa shape index (κ2) is 7.46. The van der Waals surface area contributed by atoms with Gasteiger partial charge in [0.2, 0.25) is 5.91 Å². The van der Waals surface area contributed by atoms with Gasteiger partial charge >= 0.3 is 5.97 Å². The second-order valence-electron chi connectivity index (χ2n) is 5.61. The molecule has 1 aliphatic rings. The Balaban J connectivity index is 1.94. The lowest BCUT2D eigenvalue weighted by molar-refractivity contribution is -0.141. The standard InChI is InChI=1S/C16H20ClNO3/c17-13-8-4-3-7-12(13)10-14(16(20)21)18-15(19)9-11-5-1-2-6-11/h3-4,7-8,11,14H,1-2,5-6,9-10H2,(H,18,19)(H,20,21)/t14-/m1/s1. The fourth-order valence-electron chi connectivity index (χ4n) is 2.81. The van der Waals surface area contributed by atoms with Crippen LogP contribution in [0.2, 0.25) is 5.02 Å². The Hall–Kier alpha value is -1.55. The van der Waals surface area contributed by atoms with E-state index < -0.39 is 12.0 Å². The molecule has 0 saturated heterocycles. The summed E-state index contributed by atoms with van der Waals surface area (Å²) in [6.45, 7) is 0. The SMILES string of the molecule is O=C(CC1CCCC1)N[C@H](Cc1ccccc1Cl)C(=O)O. The van der Waals surface area contributed by atoms with Crippen molar-refractivity contribution in [1.82, 2.24) is 5.32 Å². The summed E-state index contributed by atoms with van der Waals surface area (Å²) in [6, 6.07) is 6.16. The first-order valence-corrected chi connectivity index (χ1v) is 7.69. The topological polar surface area (TPSA) is 66.4 Å². The minimum Gasteiger partial charge on any atom is -0.480 e. The highest BCUT2D eigenvalue weighted by atomic mass is 35.5. The molecule has 1 amide bonds. The van der Waals surface area contributed by atoms with Crippen molar-refractivity contribution in [2.24, 2.45) is 5.92 Å². The fraction of sp³-hybridized carbons (Fsp3) is 0.500. The quantitative estimate of drug-likeness (QED) is 0.849. The third kappa shape index (κ3) is 4.74. The molecular formula is C16H20ClNO3. The van der Waals surface area contributed by atoms with Crippen LogP contribution in [0.5, 0.6) is 0 Å². The molecule has 0 radical (unpaired) electrons. The van der Waals surface area contributed by atoms with Crippen LogP contribution in [0.3, 0.4) is 0 Å². The number of halogens is 1. The molecule has 2 N–H and O–H groups in total. The van der Waals surface area contributed by atoms with E-state index in [-0.39, 0.29) is 12.3 Å². The molecule has 4 nitrogen and oxygen atoms in total. The first kappa shape index (κ1) is 15.8. The number of aliphatic carboxylic acids is 1. The van der Waals surface area contributed by atoms with Gasteiger partial charge in [0.05, 0.1) is 0 Å². The molecule has 1 aromatic rings. The van der Waals surface area contributed by atoms with E-state index in [0.717, 1.165) is 18.4 Å².